The first-order chi connectivity index (χ1) is 5.84. The van der Waals surface area contributed by atoms with Crippen LogP contribution in [0.1, 0.15) is 5.56 Å². The number of hydrogen-bond donors (Lipinski definition) is 1. The molecule has 0 amide bonds. The summed E-state index contributed by atoms with van der Waals surface area (Å²) < 4.78 is 0. The van der Waals surface area contributed by atoms with Gasteiger partial charge >= 0.3 is 0 Å². The molecule has 0 saturated heterocycles. The van der Waals surface area contributed by atoms with Gasteiger partial charge < -0.3 is 5.32 Å². The highest BCUT2D eigenvalue weighted by atomic mass is 32.1. The highest BCUT2D eigenvalue weighted by Crippen LogP contribution is 1.98. The van der Waals surface area contributed by atoms with E-state index in [1.807, 2.05) is 30.3 Å². The van der Waals surface area contributed by atoms with Gasteiger partial charge in [-0.15, -0.1) is 6.58 Å². The summed E-state index contributed by atoms with van der Waals surface area (Å²) in [7, 11) is 0. The molecule has 1 nitrogen and oxygen atoms in total. The summed E-state index contributed by atoms with van der Waals surface area (Å²) >= 11 is 5.13. The predicted octanol–water partition coefficient (Wildman–Crippen LogP) is 2.14. The van der Waals surface area contributed by atoms with Crippen molar-refractivity contribution in [2.75, 3.05) is 6.54 Å². The number of benzene rings is 1. The minimum absolute atomic E-state index is 0.716. The standard InChI is InChI=1S/C10H11NS/c1-2-8-11-10(12)9-6-4-3-5-7-9/h2-7H,1,8H2,(H,11,12). The molecule has 0 aliphatic heterocycles. The Morgan fingerprint density at radius 3 is 2.67 bits per heavy atom. The van der Waals surface area contributed by atoms with E-state index >= 15 is 0 Å². The molecule has 0 unspecified atom stereocenters. The number of thiocarbonyl (C=S) groups is 1. The van der Waals surface area contributed by atoms with Gasteiger partial charge in [-0.05, 0) is 0 Å². The fourth-order valence-corrected chi connectivity index (χ4v) is 1.08. The van der Waals surface area contributed by atoms with Crippen LogP contribution in [0.15, 0.2) is 43.0 Å². The molecule has 0 spiro atoms. The second-order valence-corrected chi connectivity index (χ2v) is 2.77. The van der Waals surface area contributed by atoms with Crippen molar-refractivity contribution in [3.8, 4) is 0 Å². The Hall–Kier alpha value is -1.15. The van der Waals surface area contributed by atoms with Crippen molar-refractivity contribution >= 4 is 17.2 Å². The summed E-state index contributed by atoms with van der Waals surface area (Å²) in [6.07, 6.45) is 1.79. The van der Waals surface area contributed by atoms with Crippen LogP contribution in [0.5, 0.6) is 0 Å². The van der Waals surface area contributed by atoms with Crippen molar-refractivity contribution in [3.05, 3.63) is 48.6 Å². The molecule has 0 bridgehead atoms. The van der Waals surface area contributed by atoms with Crippen molar-refractivity contribution < 1.29 is 0 Å². The molecule has 0 fully saturated rings. The fraction of sp³-hybridized carbons (Fsp3) is 0.100. The first-order valence-electron chi connectivity index (χ1n) is 3.78. The third-order valence-corrected chi connectivity index (χ3v) is 1.82. The van der Waals surface area contributed by atoms with E-state index in [1.165, 1.54) is 0 Å². The molecule has 2 heteroatoms. The first kappa shape index (κ1) is 8.94. The molecule has 0 atom stereocenters. The van der Waals surface area contributed by atoms with Crippen LogP contribution in [0, 0.1) is 0 Å². The lowest BCUT2D eigenvalue weighted by Crippen LogP contribution is -2.21. The fourth-order valence-electron chi connectivity index (χ4n) is 0.856. The Labute approximate surface area is 78.1 Å². The molecule has 1 aromatic rings. The van der Waals surface area contributed by atoms with Crippen LogP contribution >= 0.6 is 12.2 Å². The first-order valence-corrected chi connectivity index (χ1v) is 4.19. The summed E-state index contributed by atoms with van der Waals surface area (Å²) in [4.78, 5) is 0.774. The molecule has 0 heterocycles. The maximum Gasteiger partial charge on any atom is 0.106 e. The average molecular weight is 177 g/mol. The smallest absolute Gasteiger partial charge is 0.106 e. The van der Waals surface area contributed by atoms with Gasteiger partial charge in [0.05, 0.1) is 0 Å². The minimum atomic E-state index is 0.716. The molecule has 12 heavy (non-hydrogen) atoms. The van der Waals surface area contributed by atoms with Crippen LogP contribution in [-0.2, 0) is 0 Å². The third kappa shape index (κ3) is 2.47. The highest BCUT2D eigenvalue weighted by molar-refractivity contribution is 7.80. The lowest BCUT2D eigenvalue weighted by molar-refractivity contribution is 1.07. The van der Waals surface area contributed by atoms with Gasteiger partial charge in [0.1, 0.15) is 4.99 Å². The number of rotatable bonds is 3. The maximum atomic E-state index is 5.13. The van der Waals surface area contributed by atoms with Gasteiger partial charge in [0.2, 0.25) is 0 Å². The van der Waals surface area contributed by atoms with Crippen LogP contribution in [0.25, 0.3) is 0 Å². The van der Waals surface area contributed by atoms with Gasteiger partial charge in [0.25, 0.3) is 0 Å². The normalized spacial score (nSPS) is 9.00. The van der Waals surface area contributed by atoms with E-state index in [9.17, 15) is 0 Å². The predicted molar refractivity (Wildman–Crippen MR) is 56.3 cm³/mol. The largest absolute Gasteiger partial charge is 0.372 e. The molecular formula is C10H11NS. The van der Waals surface area contributed by atoms with E-state index in [0.717, 1.165) is 10.6 Å². The Kier molecular flexibility index (Phi) is 3.48. The second-order valence-electron chi connectivity index (χ2n) is 2.36. The molecule has 0 saturated carbocycles. The van der Waals surface area contributed by atoms with Crippen molar-refractivity contribution in [3.63, 3.8) is 0 Å². The van der Waals surface area contributed by atoms with Crippen molar-refractivity contribution in [1.29, 1.82) is 0 Å². The lowest BCUT2D eigenvalue weighted by Gasteiger charge is -2.03. The van der Waals surface area contributed by atoms with Gasteiger partial charge in [-0.25, -0.2) is 0 Å². The average Bonchev–Trinajstić information content (AvgIpc) is 2.15. The molecule has 1 rings (SSSR count). The van der Waals surface area contributed by atoms with Crippen LogP contribution in [0.2, 0.25) is 0 Å². The lowest BCUT2D eigenvalue weighted by atomic mass is 10.2. The molecule has 62 valence electrons. The second kappa shape index (κ2) is 4.67. The molecule has 0 aliphatic rings. The summed E-state index contributed by atoms with van der Waals surface area (Å²) in [5, 5.41) is 3.06. The van der Waals surface area contributed by atoms with E-state index in [4.69, 9.17) is 12.2 Å². The van der Waals surface area contributed by atoms with Gasteiger partial charge in [-0.1, -0.05) is 48.6 Å². The number of hydrogen-bond acceptors (Lipinski definition) is 1. The van der Waals surface area contributed by atoms with Gasteiger partial charge in [0, 0.05) is 12.1 Å². The summed E-state index contributed by atoms with van der Waals surface area (Å²) in [6, 6.07) is 9.88. The Bertz CT molecular complexity index is 266. The molecule has 0 aliphatic carbocycles. The quantitative estimate of drug-likeness (QED) is 0.561. The molecule has 0 radical (unpaired) electrons. The van der Waals surface area contributed by atoms with Crippen molar-refractivity contribution in [2.45, 2.75) is 0 Å². The summed E-state index contributed by atoms with van der Waals surface area (Å²) in [6.45, 7) is 4.32. The summed E-state index contributed by atoms with van der Waals surface area (Å²) in [5.74, 6) is 0. The number of nitrogens with one attached hydrogen (secondary N) is 1. The zero-order valence-corrected chi connectivity index (χ0v) is 7.60. The maximum absolute atomic E-state index is 5.13. The van der Waals surface area contributed by atoms with E-state index in [0.29, 0.717) is 6.54 Å². The minimum Gasteiger partial charge on any atom is -0.372 e. The molecule has 1 aromatic carbocycles. The van der Waals surface area contributed by atoms with Crippen molar-refractivity contribution in [2.24, 2.45) is 0 Å². The third-order valence-electron chi connectivity index (χ3n) is 1.44. The Morgan fingerprint density at radius 2 is 2.08 bits per heavy atom. The van der Waals surface area contributed by atoms with Crippen LogP contribution < -0.4 is 5.32 Å². The Morgan fingerprint density at radius 1 is 1.42 bits per heavy atom. The SMILES string of the molecule is C=CCNC(=S)c1ccccc1. The molecule has 0 aromatic heterocycles. The van der Waals surface area contributed by atoms with Gasteiger partial charge in [-0.3, -0.25) is 0 Å². The monoisotopic (exact) mass is 177 g/mol. The zero-order valence-electron chi connectivity index (χ0n) is 6.79. The zero-order chi connectivity index (χ0) is 8.81. The van der Waals surface area contributed by atoms with E-state index in [1.54, 1.807) is 6.08 Å². The van der Waals surface area contributed by atoms with Crippen molar-refractivity contribution in [1.82, 2.24) is 5.32 Å². The van der Waals surface area contributed by atoms with Crippen LogP contribution in [-0.4, -0.2) is 11.5 Å². The highest BCUT2D eigenvalue weighted by Gasteiger charge is 1.95. The van der Waals surface area contributed by atoms with Gasteiger partial charge in [0.15, 0.2) is 0 Å². The van der Waals surface area contributed by atoms with Gasteiger partial charge in [-0.2, -0.15) is 0 Å². The topological polar surface area (TPSA) is 12.0 Å². The van der Waals surface area contributed by atoms with Crippen LogP contribution in [0.4, 0.5) is 0 Å². The molecular weight excluding hydrogens is 166 g/mol. The van der Waals surface area contributed by atoms with Crippen LogP contribution in [0.3, 0.4) is 0 Å². The van der Waals surface area contributed by atoms with E-state index in [-0.39, 0.29) is 0 Å². The van der Waals surface area contributed by atoms with E-state index < -0.39 is 0 Å². The Balaban J connectivity index is 2.59. The van der Waals surface area contributed by atoms with E-state index in [2.05, 4.69) is 11.9 Å². The summed E-state index contributed by atoms with van der Waals surface area (Å²) in [5.41, 5.74) is 1.05. The molecule has 1 N–H and O–H groups in total.